The molecular formula is C19H26O4. The highest BCUT2D eigenvalue weighted by molar-refractivity contribution is 5.87. The first-order valence-corrected chi connectivity index (χ1v) is 8.31. The lowest BCUT2D eigenvalue weighted by molar-refractivity contribution is -0.185. The van der Waals surface area contributed by atoms with E-state index in [4.69, 9.17) is 9.15 Å². The molecule has 4 nitrogen and oxygen atoms in total. The van der Waals surface area contributed by atoms with Crippen LogP contribution in [0, 0.1) is 18.3 Å². The van der Waals surface area contributed by atoms with Gasteiger partial charge in [0.1, 0.15) is 11.9 Å². The maximum absolute atomic E-state index is 11.8. The highest BCUT2D eigenvalue weighted by Crippen LogP contribution is 2.55. The Labute approximate surface area is 137 Å². The Morgan fingerprint density at radius 3 is 2.83 bits per heavy atom. The van der Waals surface area contributed by atoms with Crippen LogP contribution >= 0.6 is 0 Å². The first-order chi connectivity index (χ1) is 10.7. The Kier molecular flexibility index (Phi) is 3.71. The summed E-state index contributed by atoms with van der Waals surface area (Å²) in [5.41, 5.74) is 1.64. The van der Waals surface area contributed by atoms with Crippen LogP contribution in [-0.4, -0.2) is 22.8 Å². The van der Waals surface area contributed by atoms with Crippen molar-refractivity contribution in [3.63, 3.8) is 0 Å². The van der Waals surface area contributed by atoms with Crippen LogP contribution in [0.5, 0.6) is 0 Å². The normalized spacial score (nSPS) is 36.0. The topological polar surface area (TPSA) is 59.7 Å². The zero-order valence-corrected chi connectivity index (χ0v) is 14.4. The summed E-state index contributed by atoms with van der Waals surface area (Å²) in [5, 5.41) is 11.4. The van der Waals surface area contributed by atoms with Gasteiger partial charge in [-0.2, -0.15) is 0 Å². The molecule has 1 saturated carbocycles. The quantitative estimate of drug-likeness (QED) is 0.671. The van der Waals surface area contributed by atoms with Gasteiger partial charge < -0.3 is 14.3 Å². The second kappa shape index (κ2) is 5.23. The maximum Gasteiger partial charge on any atom is 0.333 e. The summed E-state index contributed by atoms with van der Waals surface area (Å²) in [5.74, 6) is 0.743. The maximum atomic E-state index is 11.8. The van der Waals surface area contributed by atoms with Crippen LogP contribution in [0.3, 0.4) is 0 Å². The molecule has 0 aromatic carbocycles. The predicted octanol–water partition coefficient (Wildman–Crippen LogP) is 3.34. The number of furan rings is 1. The van der Waals surface area contributed by atoms with Crippen molar-refractivity contribution in [2.24, 2.45) is 11.3 Å². The number of hydrogen-bond donors (Lipinski definition) is 1. The minimum Gasteiger partial charge on any atom is -0.469 e. The molecule has 23 heavy (non-hydrogen) atoms. The summed E-state index contributed by atoms with van der Waals surface area (Å²) in [6.07, 6.45) is 4.01. The Morgan fingerprint density at radius 1 is 1.48 bits per heavy atom. The van der Waals surface area contributed by atoms with E-state index in [1.807, 2.05) is 0 Å². The molecule has 1 aromatic rings. The molecule has 2 aliphatic carbocycles. The average molecular weight is 318 g/mol. The largest absolute Gasteiger partial charge is 0.469 e. The molecule has 1 fully saturated rings. The van der Waals surface area contributed by atoms with Gasteiger partial charge in [-0.05, 0) is 43.7 Å². The minimum atomic E-state index is -0.915. The summed E-state index contributed by atoms with van der Waals surface area (Å²) in [6, 6.07) is 0. The van der Waals surface area contributed by atoms with Gasteiger partial charge in [0.2, 0.25) is 0 Å². The van der Waals surface area contributed by atoms with Crippen LogP contribution in [0.25, 0.3) is 0 Å². The van der Waals surface area contributed by atoms with E-state index >= 15 is 0 Å². The fraction of sp³-hybridized carbons (Fsp3) is 0.632. The smallest absolute Gasteiger partial charge is 0.333 e. The number of esters is 1. The van der Waals surface area contributed by atoms with E-state index in [-0.39, 0.29) is 23.4 Å². The van der Waals surface area contributed by atoms with Crippen LogP contribution in [0.15, 0.2) is 22.8 Å². The molecule has 4 unspecified atom stereocenters. The van der Waals surface area contributed by atoms with Crippen molar-refractivity contribution in [2.45, 2.75) is 65.1 Å². The summed E-state index contributed by atoms with van der Waals surface area (Å²) in [6.45, 7) is 11.6. The molecule has 0 radical (unpaired) electrons. The summed E-state index contributed by atoms with van der Waals surface area (Å²) in [7, 11) is 0. The summed E-state index contributed by atoms with van der Waals surface area (Å²) < 4.78 is 11.2. The third kappa shape index (κ3) is 2.44. The van der Waals surface area contributed by atoms with E-state index in [1.54, 1.807) is 13.2 Å². The van der Waals surface area contributed by atoms with Gasteiger partial charge in [0.25, 0.3) is 0 Å². The molecule has 0 bridgehead atoms. The highest BCUT2D eigenvalue weighted by Gasteiger charge is 2.58. The van der Waals surface area contributed by atoms with E-state index in [0.717, 1.165) is 24.2 Å². The summed E-state index contributed by atoms with van der Waals surface area (Å²) in [4.78, 5) is 11.8. The monoisotopic (exact) mass is 318 g/mol. The lowest BCUT2D eigenvalue weighted by atomic mass is 9.52. The third-order valence-electron chi connectivity index (χ3n) is 6.14. The Balaban J connectivity index is 1.90. The van der Waals surface area contributed by atoms with Crippen molar-refractivity contribution in [2.75, 3.05) is 0 Å². The second-order valence-corrected chi connectivity index (χ2v) is 7.77. The molecule has 0 spiro atoms. The Hall–Kier alpha value is -1.55. The minimum absolute atomic E-state index is 0.235. The first-order valence-electron chi connectivity index (χ1n) is 8.31. The van der Waals surface area contributed by atoms with Crippen LogP contribution < -0.4 is 0 Å². The van der Waals surface area contributed by atoms with Crippen LogP contribution in [0.1, 0.15) is 50.5 Å². The number of ether oxygens (including phenoxy) is 1. The van der Waals surface area contributed by atoms with Crippen molar-refractivity contribution in [1.29, 1.82) is 0 Å². The van der Waals surface area contributed by atoms with Crippen molar-refractivity contribution < 1.29 is 19.1 Å². The van der Waals surface area contributed by atoms with Crippen molar-refractivity contribution in [1.82, 2.24) is 0 Å². The molecule has 1 N–H and O–H groups in total. The number of aliphatic hydroxyl groups is 1. The summed E-state index contributed by atoms with van der Waals surface area (Å²) >= 11 is 0. The van der Waals surface area contributed by atoms with Gasteiger partial charge in [0, 0.05) is 23.8 Å². The number of fused-ring (bicyclic) bond motifs is 2. The molecule has 1 aromatic heterocycles. The van der Waals surface area contributed by atoms with Crippen molar-refractivity contribution >= 4 is 5.97 Å². The van der Waals surface area contributed by atoms with Crippen LogP contribution in [0.2, 0.25) is 0 Å². The molecule has 0 saturated heterocycles. The van der Waals surface area contributed by atoms with Crippen molar-refractivity contribution in [3.8, 4) is 0 Å². The predicted molar refractivity (Wildman–Crippen MR) is 87.0 cm³/mol. The molecule has 0 aliphatic heterocycles. The number of rotatable bonds is 2. The first kappa shape index (κ1) is 16.3. The van der Waals surface area contributed by atoms with Gasteiger partial charge in [-0.25, -0.2) is 4.79 Å². The zero-order chi connectivity index (χ0) is 17.0. The van der Waals surface area contributed by atoms with Gasteiger partial charge in [0.15, 0.2) is 0 Å². The third-order valence-corrected chi connectivity index (χ3v) is 6.14. The van der Waals surface area contributed by atoms with E-state index in [2.05, 4.69) is 27.4 Å². The van der Waals surface area contributed by atoms with E-state index in [0.29, 0.717) is 18.4 Å². The molecule has 3 rings (SSSR count). The molecular weight excluding hydrogens is 292 g/mol. The molecule has 1 heterocycles. The standard InChI is InChI=1S/C19H26O4/c1-11(2)17(20)23-14-6-13(4)18(5)8-15-12(3)10-22-16(15)9-19(18,21)7-14/h10,13-14,21H,1,6-9H2,2-5H3. The van der Waals surface area contributed by atoms with Gasteiger partial charge in [-0.15, -0.1) is 0 Å². The number of carbonyl (C=O) groups excluding carboxylic acids is 1. The van der Waals surface area contributed by atoms with Crippen LogP contribution in [0.4, 0.5) is 0 Å². The van der Waals surface area contributed by atoms with Crippen molar-refractivity contribution in [3.05, 3.63) is 35.3 Å². The molecule has 4 heteroatoms. The average Bonchev–Trinajstić information content (AvgIpc) is 2.78. The zero-order valence-electron chi connectivity index (χ0n) is 14.4. The van der Waals surface area contributed by atoms with E-state index < -0.39 is 5.60 Å². The van der Waals surface area contributed by atoms with Gasteiger partial charge in [-0.3, -0.25) is 0 Å². The van der Waals surface area contributed by atoms with Gasteiger partial charge in [-0.1, -0.05) is 20.4 Å². The lowest BCUT2D eigenvalue weighted by Gasteiger charge is -2.56. The fourth-order valence-corrected chi connectivity index (χ4v) is 4.30. The lowest BCUT2D eigenvalue weighted by Crippen LogP contribution is -2.60. The molecule has 0 amide bonds. The van der Waals surface area contributed by atoms with Gasteiger partial charge >= 0.3 is 5.97 Å². The second-order valence-electron chi connectivity index (χ2n) is 7.77. The number of hydrogen-bond acceptors (Lipinski definition) is 4. The van der Waals surface area contributed by atoms with Gasteiger partial charge in [0.05, 0.1) is 11.9 Å². The fourth-order valence-electron chi connectivity index (χ4n) is 4.30. The van der Waals surface area contributed by atoms with E-state index in [1.165, 1.54) is 5.56 Å². The molecule has 4 atom stereocenters. The molecule has 2 aliphatic rings. The molecule has 126 valence electrons. The SMILES string of the molecule is C=C(C)C(=O)OC1CC(C)C2(C)Cc3c(C)coc3CC2(O)C1. The van der Waals surface area contributed by atoms with Crippen LogP contribution in [-0.2, 0) is 22.4 Å². The Bertz CT molecular complexity index is 658. The number of aryl methyl sites for hydroxylation is 1. The highest BCUT2D eigenvalue weighted by atomic mass is 16.5. The Morgan fingerprint density at radius 2 is 2.17 bits per heavy atom. The number of carbonyl (C=O) groups is 1. The van der Waals surface area contributed by atoms with E-state index in [9.17, 15) is 9.90 Å².